The summed E-state index contributed by atoms with van der Waals surface area (Å²) in [5.41, 5.74) is 8.07. The Hall–Kier alpha value is -1.50. The van der Waals surface area contributed by atoms with Gasteiger partial charge in [-0.05, 0) is 19.4 Å². The summed E-state index contributed by atoms with van der Waals surface area (Å²) in [6.45, 7) is 3.60. The van der Waals surface area contributed by atoms with E-state index >= 15 is 0 Å². The second-order valence-electron chi connectivity index (χ2n) is 3.29. The Kier molecular flexibility index (Phi) is 8.85. The maximum Gasteiger partial charge on any atom is 0.508 e. The van der Waals surface area contributed by atoms with Crippen molar-refractivity contribution in [1.29, 1.82) is 0 Å². The summed E-state index contributed by atoms with van der Waals surface area (Å²) in [6, 6.07) is 0. The highest BCUT2D eigenvalue weighted by Crippen LogP contribution is 1.98. The van der Waals surface area contributed by atoms with E-state index in [1.54, 1.807) is 13.8 Å². The molecule has 0 aromatic rings. The van der Waals surface area contributed by atoms with Crippen LogP contribution in [-0.2, 0) is 18.9 Å². The number of hydrogen-bond donors (Lipinski definition) is 0. The van der Waals surface area contributed by atoms with Crippen molar-refractivity contribution in [2.75, 3.05) is 27.1 Å². The van der Waals surface area contributed by atoms with Gasteiger partial charge < -0.3 is 18.9 Å². The van der Waals surface area contributed by atoms with Gasteiger partial charge in [0.2, 0.25) is 0 Å². The second kappa shape index (κ2) is 9.71. The molecule has 0 heterocycles. The average molecular weight is 247 g/mol. The molecule has 17 heavy (non-hydrogen) atoms. The van der Waals surface area contributed by atoms with Gasteiger partial charge in [0.25, 0.3) is 0 Å². The second-order valence-corrected chi connectivity index (χ2v) is 3.29. The number of methoxy groups -OCH3 is 1. The molecule has 0 fully saturated rings. The first-order chi connectivity index (χ1) is 8.10. The third kappa shape index (κ3) is 9.43. The maximum atomic E-state index is 11.1. The molecule has 0 aliphatic rings. The fraction of sp³-hybridized carbons (Fsp3) is 0.889. The lowest BCUT2D eigenvalue weighted by Gasteiger charge is -2.14. The van der Waals surface area contributed by atoms with Crippen molar-refractivity contribution in [2.45, 2.75) is 26.1 Å². The first-order valence-corrected chi connectivity index (χ1v) is 5.05. The van der Waals surface area contributed by atoms with Gasteiger partial charge in [-0.2, -0.15) is 0 Å². The molecule has 8 heteroatoms. The number of ether oxygens (including phenoxy) is 4. The zero-order chi connectivity index (χ0) is 13.1. The maximum absolute atomic E-state index is 11.1. The number of carbonyl (C=O) groups is 1. The van der Waals surface area contributed by atoms with Crippen LogP contribution >= 0.6 is 0 Å². The number of azide groups is 1. The fourth-order valence-electron chi connectivity index (χ4n) is 0.805. The summed E-state index contributed by atoms with van der Waals surface area (Å²) in [5.74, 6) is 0. The Morgan fingerprint density at radius 2 is 2.12 bits per heavy atom. The van der Waals surface area contributed by atoms with E-state index in [4.69, 9.17) is 19.7 Å². The lowest BCUT2D eigenvalue weighted by molar-refractivity contribution is -0.0874. The first kappa shape index (κ1) is 15.5. The van der Waals surface area contributed by atoms with Crippen LogP contribution in [0.15, 0.2) is 5.11 Å². The molecule has 0 amide bonds. The minimum absolute atomic E-state index is 0.0659. The molecule has 0 saturated carbocycles. The average Bonchev–Trinajstić information content (AvgIpc) is 2.31. The van der Waals surface area contributed by atoms with E-state index in [0.29, 0.717) is 0 Å². The summed E-state index contributed by atoms with van der Waals surface area (Å²) in [5, 5.41) is 3.27. The zero-order valence-corrected chi connectivity index (χ0v) is 10.2. The molecule has 2 unspecified atom stereocenters. The van der Waals surface area contributed by atoms with Gasteiger partial charge in [0.1, 0.15) is 19.5 Å². The minimum atomic E-state index is -0.821. The van der Waals surface area contributed by atoms with Gasteiger partial charge in [-0.1, -0.05) is 5.11 Å². The summed E-state index contributed by atoms with van der Waals surface area (Å²) in [7, 11) is 1.50. The fourth-order valence-corrected chi connectivity index (χ4v) is 0.805. The molecule has 0 radical (unpaired) electrons. The van der Waals surface area contributed by atoms with E-state index < -0.39 is 12.3 Å². The number of nitrogens with zero attached hydrogens (tertiary/aromatic N) is 3. The van der Waals surface area contributed by atoms with Crippen molar-refractivity contribution in [3.8, 4) is 0 Å². The lowest BCUT2D eigenvalue weighted by atomic mass is 10.4. The Morgan fingerprint density at radius 3 is 2.71 bits per heavy atom. The van der Waals surface area contributed by atoms with Crippen LogP contribution in [0, 0.1) is 0 Å². The van der Waals surface area contributed by atoms with Gasteiger partial charge in [0.15, 0.2) is 0 Å². The third-order valence-corrected chi connectivity index (χ3v) is 1.61. The first-order valence-electron chi connectivity index (χ1n) is 5.05. The zero-order valence-electron chi connectivity index (χ0n) is 10.2. The van der Waals surface area contributed by atoms with Gasteiger partial charge in [0.05, 0.1) is 12.6 Å². The van der Waals surface area contributed by atoms with Gasteiger partial charge in [-0.3, -0.25) is 0 Å². The number of hydrogen-bond acceptors (Lipinski definition) is 6. The smallest absolute Gasteiger partial charge is 0.432 e. The molecule has 0 aliphatic heterocycles. The predicted molar refractivity (Wildman–Crippen MR) is 58.3 cm³/mol. The van der Waals surface area contributed by atoms with Crippen molar-refractivity contribution < 1.29 is 23.7 Å². The van der Waals surface area contributed by atoms with Gasteiger partial charge in [-0.25, -0.2) is 4.79 Å². The normalized spacial score (nSPS) is 13.4. The molecule has 0 saturated heterocycles. The van der Waals surface area contributed by atoms with Crippen LogP contribution in [0.3, 0.4) is 0 Å². The third-order valence-electron chi connectivity index (χ3n) is 1.61. The largest absolute Gasteiger partial charge is 0.508 e. The van der Waals surface area contributed by atoms with E-state index in [-0.39, 0.29) is 26.0 Å². The van der Waals surface area contributed by atoms with Crippen LogP contribution in [0.4, 0.5) is 4.79 Å². The van der Waals surface area contributed by atoms with E-state index in [1.165, 1.54) is 7.11 Å². The molecule has 0 N–H and O–H groups in total. The lowest BCUT2D eigenvalue weighted by Crippen LogP contribution is -2.23. The number of rotatable bonds is 8. The molecule has 0 aliphatic carbocycles. The van der Waals surface area contributed by atoms with Crippen molar-refractivity contribution in [3.05, 3.63) is 10.4 Å². The molecule has 0 aromatic carbocycles. The van der Waals surface area contributed by atoms with E-state index in [0.717, 1.165) is 0 Å². The van der Waals surface area contributed by atoms with Crippen molar-refractivity contribution in [2.24, 2.45) is 5.11 Å². The molecule has 0 rings (SSSR count). The molecule has 0 spiro atoms. The summed E-state index contributed by atoms with van der Waals surface area (Å²) in [6.07, 6.45) is -1.62. The van der Waals surface area contributed by atoms with Crippen LogP contribution in [0.25, 0.3) is 10.4 Å². The predicted octanol–water partition coefficient (Wildman–Crippen LogP) is 1.85. The van der Waals surface area contributed by atoms with E-state index in [2.05, 4.69) is 14.8 Å². The summed E-state index contributed by atoms with van der Waals surface area (Å²) >= 11 is 0. The van der Waals surface area contributed by atoms with Crippen LogP contribution in [0.2, 0.25) is 0 Å². The molecule has 8 nitrogen and oxygen atoms in total. The Labute approximate surface area is 99.4 Å². The van der Waals surface area contributed by atoms with Crippen LogP contribution in [0.1, 0.15) is 13.8 Å². The Morgan fingerprint density at radius 1 is 1.41 bits per heavy atom. The van der Waals surface area contributed by atoms with Gasteiger partial charge >= 0.3 is 6.16 Å². The van der Waals surface area contributed by atoms with Crippen molar-refractivity contribution >= 4 is 6.16 Å². The highest BCUT2D eigenvalue weighted by Gasteiger charge is 2.12. The molecule has 2 atom stereocenters. The SMILES string of the molecule is COCOC(C)COC(=O)OC(C)CN=[N+]=[N-]. The Bertz CT molecular complexity index is 267. The molecular formula is C9H17N3O5. The van der Waals surface area contributed by atoms with E-state index in [1.807, 2.05) is 0 Å². The van der Waals surface area contributed by atoms with Gasteiger partial charge in [-0.15, -0.1) is 0 Å². The monoisotopic (exact) mass is 247 g/mol. The molecule has 0 aromatic heterocycles. The molecular weight excluding hydrogens is 230 g/mol. The molecule has 98 valence electrons. The van der Waals surface area contributed by atoms with Crippen molar-refractivity contribution in [1.82, 2.24) is 0 Å². The van der Waals surface area contributed by atoms with Crippen LogP contribution in [-0.4, -0.2) is 45.4 Å². The molecule has 0 bridgehead atoms. The number of carbonyl (C=O) groups excluding carboxylic acids is 1. The van der Waals surface area contributed by atoms with Gasteiger partial charge in [0, 0.05) is 12.0 Å². The quantitative estimate of drug-likeness (QED) is 0.214. The highest BCUT2D eigenvalue weighted by molar-refractivity contribution is 5.60. The Balaban J connectivity index is 3.67. The van der Waals surface area contributed by atoms with Crippen LogP contribution in [0.5, 0.6) is 0 Å². The minimum Gasteiger partial charge on any atom is -0.432 e. The van der Waals surface area contributed by atoms with Crippen LogP contribution < -0.4 is 0 Å². The van der Waals surface area contributed by atoms with Crippen molar-refractivity contribution in [3.63, 3.8) is 0 Å². The summed E-state index contributed by atoms with van der Waals surface area (Å²) in [4.78, 5) is 13.7. The summed E-state index contributed by atoms with van der Waals surface area (Å²) < 4.78 is 19.3. The standard InChI is InChI=1S/C9H17N3O5/c1-7(4-11-12-10)17-9(13)15-5-8(2)16-6-14-3/h7-8H,4-6H2,1-3H3. The van der Waals surface area contributed by atoms with E-state index in [9.17, 15) is 4.79 Å². The topological polar surface area (TPSA) is 103 Å². The highest BCUT2D eigenvalue weighted by atomic mass is 16.7.